The molecular weight excluding hydrogens is 259 g/mol. The zero-order chi connectivity index (χ0) is 14.5. The molecule has 0 aliphatic heterocycles. The van der Waals surface area contributed by atoms with Crippen LogP contribution in [-0.2, 0) is 0 Å². The predicted octanol–water partition coefficient (Wildman–Crippen LogP) is 2.38. The van der Waals surface area contributed by atoms with Crippen molar-refractivity contribution in [2.24, 2.45) is 4.99 Å². The smallest absolute Gasteiger partial charge is 0.222 e. The number of aliphatic imine (C=N–C) groups is 1. The van der Waals surface area contributed by atoms with Crippen molar-refractivity contribution < 1.29 is 9.50 Å². The number of anilines is 1. The minimum atomic E-state index is -0.470. The Bertz CT molecular complexity index is 670. The second-order valence-corrected chi connectivity index (χ2v) is 4.20. The first-order chi connectivity index (χ1) is 9.65. The first kappa shape index (κ1) is 14.1. The lowest BCUT2D eigenvalue weighted by atomic mass is 10.2. The lowest BCUT2D eigenvalue weighted by Gasteiger charge is -2.06. The van der Waals surface area contributed by atoms with E-state index in [0.717, 1.165) is 0 Å². The zero-order valence-corrected chi connectivity index (χ0v) is 10.9. The molecule has 0 saturated carbocycles. The molecule has 2 aromatic rings. The van der Waals surface area contributed by atoms with Gasteiger partial charge < -0.3 is 10.8 Å². The number of allylic oxidation sites excluding steroid dienone is 1. The summed E-state index contributed by atoms with van der Waals surface area (Å²) in [5.74, 6) is -0.316. The summed E-state index contributed by atoms with van der Waals surface area (Å²) >= 11 is 0. The van der Waals surface area contributed by atoms with Crippen molar-refractivity contribution >= 4 is 28.4 Å². The Morgan fingerprint density at radius 3 is 2.95 bits per heavy atom. The minimum Gasteiger partial charge on any atom is -0.390 e. The zero-order valence-electron chi connectivity index (χ0n) is 10.9. The SMILES string of the molecule is C=CCC/C(CO)=N\c1nc(N)nc2cccc(F)c12. The van der Waals surface area contributed by atoms with Gasteiger partial charge in [0, 0.05) is 5.71 Å². The largest absolute Gasteiger partial charge is 0.390 e. The van der Waals surface area contributed by atoms with Gasteiger partial charge >= 0.3 is 0 Å². The molecule has 0 atom stereocenters. The highest BCUT2D eigenvalue weighted by Crippen LogP contribution is 2.26. The topological polar surface area (TPSA) is 84.4 Å². The van der Waals surface area contributed by atoms with E-state index in [0.29, 0.717) is 24.1 Å². The normalized spacial score (nSPS) is 11.8. The summed E-state index contributed by atoms with van der Waals surface area (Å²) in [5.41, 5.74) is 6.48. The van der Waals surface area contributed by atoms with E-state index in [4.69, 9.17) is 5.73 Å². The Hall–Kier alpha value is -2.34. The fraction of sp³-hybridized carbons (Fsp3) is 0.214. The number of hydrogen-bond donors (Lipinski definition) is 2. The van der Waals surface area contributed by atoms with Crippen LogP contribution < -0.4 is 5.73 Å². The number of nitrogens with two attached hydrogens (primary N) is 1. The number of halogens is 1. The number of rotatable bonds is 5. The number of aliphatic hydroxyl groups is 1. The molecule has 1 aromatic heterocycles. The highest BCUT2D eigenvalue weighted by Gasteiger charge is 2.11. The van der Waals surface area contributed by atoms with Gasteiger partial charge in [-0.05, 0) is 25.0 Å². The molecule has 0 aliphatic rings. The fourth-order valence-corrected chi connectivity index (χ4v) is 1.81. The second-order valence-electron chi connectivity index (χ2n) is 4.20. The summed E-state index contributed by atoms with van der Waals surface area (Å²) in [5, 5.41) is 9.49. The predicted molar refractivity (Wildman–Crippen MR) is 77.5 cm³/mol. The molecule has 0 aliphatic carbocycles. The van der Waals surface area contributed by atoms with Gasteiger partial charge in [-0.25, -0.2) is 14.4 Å². The summed E-state index contributed by atoms with van der Waals surface area (Å²) in [7, 11) is 0. The molecule has 5 nitrogen and oxygen atoms in total. The van der Waals surface area contributed by atoms with E-state index in [1.165, 1.54) is 6.07 Å². The van der Waals surface area contributed by atoms with Gasteiger partial charge in [-0.1, -0.05) is 12.1 Å². The Morgan fingerprint density at radius 1 is 1.45 bits per heavy atom. The Kier molecular flexibility index (Phi) is 4.37. The van der Waals surface area contributed by atoms with Crippen molar-refractivity contribution in [3.05, 3.63) is 36.7 Å². The van der Waals surface area contributed by atoms with E-state index in [1.54, 1.807) is 18.2 Å². The van der Waals surface area contributed by atoms with Crippen LogP contribution in [0.4, 0.5) is 16.2 Å². The Morgan fingerprint density at radius 2 is 2.25 bits per heavy atom. The molecule has 6 heteroatoms. The molecule has 0 radical (unpaired) electrons. The highest BCUT2D eigenvalue weighted by molar-refractivity contribution is 5.94. The third kappa shape index (κ3) is 2.97. The van der Waals surface area contributed by atoms with Gasteiger partial charge in [0.15, 0.2) is 5.82 Å². The number of fused-ring (bicyclic) bond motifs is 1. The molecule has 3 N–H and O–H groups in total. The lowest BCUT2D eigenvalue weighted by molar-refractivity contribution is 0.355. The van der Waals surface area contributed by atoms with Gasteiger partial charge in [-0.3, -0.25) is 0 Å². The molecule has 0 fully saturated rings. The van der Waals surface area contributed by atoms with Crippen molar-refractivity contribution in [1.29, 1.82) is 0 Å². The maximum absolute atomic E-state index is 13.9. The maximum Gasteiger partial charge on any atom is 0.222 e. The van der Waals surface area contributed by atoms with Gasteiger partial charge in [-0.15, -0.1) is 6.58 Å². The summed E-state index contributed by atoms with van der Waals surface area (Å²) in [6, 6.07) is 4.49. The quantitative estimate of drug-likeness (QED) is 0.647. The Balaban J connectivity index is 2.57. The van der Waals surface area contributed by atoms with E-state index in [-0.39, 0.29) is 23.8 Å². The number of benzene rings is 1. The average molecular weight is 274 g/mol. The molecule has 0 saturated heterocycles. The minimum absolute atomic E-state index is 0.0165. The number of nitrogens with zero attached hydrogens (tertiary/aromatic N) is 3. The van der Waals surface area contributed by atoms with E-state index < -0.39 is 5.82 Å². The molecule has 2 rings (SSSR count). The average Bonchev–Trinajstić information content (AvgIpc) is 2.42. The molecule has 20 heavy (non-hydrogen) atoms. The summed E-state index contributed by atoms with van der Waals surface area (Å²) in [4.78, 5) is 12.1. The van der Waals surface area contributed by atoms with Crippen LogP contribution in [0.1, 0.15) is 12.8 Å². The first-order valence-electron chi connectivity index (χ1n) is 6.15. The van der Waals surface area contributed by atoms with E-state index in [2.05, 4.69) is 21.5 Å². The first-order valence-corrected chi connectivity index (χ1v) is 6.15. The molecule has 0 unspecified atom stereocenters. The van der Waals surface area contributed by atoms with Crippen molar-refractivity contribution in [3.8, 4) is 0 Å². The van der Waals surface area contributed by atoms with Gasteiger partial charge in [0.25, 0.3) is 0 Å². The van der Waals surface area contributed by atoms with Crippen molar-refractivity contribution in [3.63, 3.8) is 0 Å². The third-order valence-electron chi connectivity index (χ3n) is 2.75. The summed E-state index contributed by atoms with van der Waals surface area (Å²) < 4.78 is 13.9. The van der Waals surface area contributed by atoms with Crippen LogP contribution in [0.3, 0.4) is 0 Å². The molecule has 0 amide bonds. The standard InChI is InChI=1S/C14H15FN4O/c1-2-3-5-9(8-20)17-13-12-10(15)6-4-7-11(12)18-14(16)19-13/h2,4,6-7,20H,1,3,5,8H2,(H2,16,18,19)/b17-9+. The molecule has 1 aromatic carbocycles. The van der Waals surface area contributed by atoms with Gasteiger partial charge in [0.05, 0.1) is 17.5 Å². The lowest BCUT2D eigenvalue weighted by Crippen LogP contribution is -2.04. The van der Waals surface area contributed by atoms with E-state index >= 15 is 0 Å². The van der Waals surface area contributed by atoms with Crippen LogP contribution in [0.15, 0.2) is 35.8 Å². The van der Waals surface area contributed by atoms with Crippen molar-refractivity contribution in [2.45, 2.75) is 12.8 Å². The fourth-order valence-electron chi connectivity index (χ4n) is 1.81. The van der Waals surface area contributed by atoms with E-state index in [9.17, 15) is 9.50 Å². The maximum atomic E-state index is 13.9. The number of hydrogen-bond acceptors (Lipinski definition) is 5. The molecule has 104 valence electrons. The second kappa shape index (κ2) is 6.21. The van der Waals surface area contributed by atoms with Crippen molar-refractivity contribution in [1.82, 2.24) is 9.97 Å². The number of aliphatic hydroxyl groups excluding tert-OH is 1. The summed E-state index contributed by atoms with van der Waals surface area (Å²) in [6.07, 6.45) is 2.92. The van der Waals surface area contributed by atoms with Crippen LogP contribution in [0.25, 0.3) is 10.9 Å². The molecule has 0 bridgehead atoms. The molecular formula is C14H15FN4O. The van der Waals surface area contributed by atoms with Crippen LogP contribution in [0.2, 0.25) is 0 Å². The monoisotopic (exact) mass is 274 g/mol. The highest BCUT2D eigenvalue weighted by atomic mass is 19.1. The van der Waals surface area contributed by atoms with Gasteiger partial charge in [0.2, 0.25) is 5.95 Å². The number of aromatic nitrogens is 2. The van der Waals surface area contributed by atoms with Crippen LogP contribution in [0, 0.1) is 5.82 Å². The van der Waals surface area contributed by atoms with Crippen LogP contribution in [0.5, 0.6) is 0 Å². The summed E-state index contributed by atoms with van der Waals surface area (Å²) in [6.45, 7) is 3.38. The number of nitrogen functional groups attached to an aromatic ring is 1. The molecule has 0 spiro atoms. The van der Waals surface area contributed by atoms with E-state index in [1.807, 2.05) is 0 Å². The van der Waals surface area contributed by atoms with Crippen LogP contribution in [-0.4, -0.2) is 27.4 Å². The van der Waals surface area contributed by atoms with Gasteiger partial charge in [-0.2, -0.15) is 4.98 Å². The Labute approximate surface area is 115 Å². The van der Waals surface area contributed by atoms with Crippen molar-refractivity contribution in [2.75, 3.05) is 12.3 Å². The molecule has 1 heterocycles. The third-order valence-corrected chi connectivity index (χ3v) is 2.75. The van der Waals surface area contributed by atoms with Gasteiger partial charge in [0.1, 0.15) is 5.82 Å². The van der Waals surface area contributed by atoms with Crippen LogP contribution >= 0.6 is 0 Å².